The van der Waals surface area contributed by atoms with E-state index in [2.05, 4.69) is 5.32 Å². The van der Waals surface area contributed by atoms with Gasteiger partial charge in [-0.25, -0.2) is 8.78 Å². The number of hydrogen-bond donors (Lipinski definition) is 3. The van der Waals surface area contributed by atoms with Crippen molar-refractivity contribution in [3.8, 4) is 0 Å². The minimum Gasteiger partial charge on any atom is -0.398 e. The smallest absolute Gasteiger partial charge is 0.254 e. The average molecular weight is 490 g/mol. The van der Waals surface area contributed by atoms with E-state index in [0.717, 1.165) is 12.1 Å². The van der Waals surface area contributed by atoms with Crippen LogP contribution >= 0.6 is 11.6 Å². The number of amides is 1. The summed E-state index contributed by atoms with van der Waals surface area (Å²) in [4.78, 5) is 16.2. The van der Waals surface area contributed by atoms with Gasteiger partial charge in [0.25, 0.3) is 5.91 Å². The number of rotatable bonds is 5. The van der Waals surface area contributed by atoms with Gasteiger partial charge in [0.1, 0.15) is 17.5 Å². The molecule has 180 valence electrons. The van der Waals surface area contributed by atoms with Crippen molar-refractivity contribution in [3.05, 3.63) is 87.3 Å². The highest BCUT2D eigenvalue weighted by molar-refractivity contribution is 6.31. The van der Waals surface area contributed by atoms with E-state index in [1.165, 1.54) is 0 Å². The van der Waals surface area contributed by atoms with Crippen LogP contribution in [0.25, 0.3) is 5.70 Å². The summed E-state index contributed by atoms with van der Waals surface area (Å²) in [6, 6.07) is 9.03. The zero-order valence-corrected chi connectivity index (χ0v) is 19.2. The molecular weight excluding hydrogens is 464 g/mol. The molecule has 0 unspecified atom stereocenters. The fourth-order valence-corrected chi connectivity index (χ4v) is 4.14. The van der Waals surface area contributed by atoms with Gasteiger partial charge in [0, 0.05) is 49.5 Å². The van der Waals surface area contributed by atoms with Crippen LogP contribution in [0.4, 0.5) is 8.78 Å². The van der Waals surface area contributed by atoms with Crippen molar-refractivity contribution in [2.45, 2.75) is 6.54 Å². The Kier molecular flexibility index (Phi) is 7.23. The van der Waals surface area contributed by atoms with Crippen LogP contribution in [0.15, 0.2) is 54.0 Å². The Bertz CT molecular complexity index is 1130. The zero-order chi connectivity index (χ0) is 24.2. The molecule has 1 fully saturated rings. The van der Waals surface area contributed by atoms with Crippen LogP contribution in [0.1, 0.15) is 21.5 Å². The maximum absolute atomic E-state index is 14.4. The van der Waals surface area contributed by atoms with Crippen molar-refractivity contribution in [3.63, 3.8) is 0 Å². The van der Waals surface area contributed by atoms with Crippen LogP contribution in [0.5, 0.6) is 0 Å². The molecule has 2 aliphatic rings. The molecular formula is C24H26ClF2N5O2. The number of nitrogens with zero attached hydrogens (tertiary/aromatic N) is 2. The third kappa shape index (κ3) is 5.10. The second kappa shape index (κ2) is 10.3. The molecule has 0 aliphatic carbocycles. The zero-order valence-electron chi connectivity index (χ0n) is 18.5. The van der Waals surface area contributed by atoms with Gasteiger partial charge in [0.15, 0.2) is 0 Å². The molecule has 2 aromatic carbocycles. The fraction of sp³-hybridized carbons (Fsp3) is 0.292. The lowest BCUT2D eigenvalue weighted by Crippen LogP contribution is -2.41. The molecule has 1 amide bonds. The number of benzene rings is 2. The number of nitrogens with one attached hydrogen (secondary N) is 1. The molecule has 0 aromatic heterocycles. The summed E-state index contributed by atoms with van der Waals surface area (Å²) in [5, 5.41) is 2.80. The molecule has 4 rings (SSSR count). The van der Waals surface area contributed by atoms with E-state index in [1.807, 2.05) is 0 Å². The van der Waals surface area contributed by atoms with Crippen LogP contribution in [0, 0.1) is 11.6 Å². The van der Waals surface area contributed by atoms with Gasteiger partial charge in [-0.3, -0.25) is 4.79 Å². The number of allylic oxidation sites excluding steroid dienone is 1. The van der Waals surface area contributed by atoms with Crippen LogP contribution in [0.2, 0.25) is 5.02 Å². The van der Waals surface area contributed by atoms with E-state index < -0.39 is 11.6 Å². The Labute approximate surface area is 201 Å². The van der Waals surface area contributed by atoms with Crippen LogP contribution in [0.3, 0.4) is 0 Å². The van der Waals surface area contributed by atoms with E-state index in [0.29, 0.717) is 67.7 Å². The Morgan fingerprint density at radius 1 is 1.06 bits per heavy atom. The molecule has 0 bridgehead atoms. The second-order valence-corrected chi connectivity index (χ2v) is 8.43. The maximum atomic E-state index is 14.4. The molecule has 7 nitrogen and oxygen atoms in total. The molecule has 2 aromatic rings. The number of carbonyl (C=O) groups excluding carboxylic acids is 1. The highest BCUT2D eigenvalue weighted by Crippen LogP contribution is 2.27. The Morgan fingerprint density at radius 2 is 1.71 bits per heavy atom. The molecule has 0 spiro atoms. The van der Waals surface area contributed by atoms with Crippen molar-refractivity contribution in [1.29, 1.82) is 0 Å². The van der Waals surface area contributed by atoms with Gasteiger partial charge < -0.3 is 31.3 Å². The van der Waals surface area contributed by atoms with Crippen molar-refractivity contribution < 1.29 is 18.3 Å². The van der Waals surface area contributed by atoms with Gasteiger partial charge in [-0.1, -0.05) is 23.7 Å². The van der Waals surface area contributed by atoms with Crippen LogP contribution < -0.4 is 16.8 Å². The quantitative estimate of drug-likeness (QED) is 0.559. The molecule has 1 saturated heterocycles. The number of ether oxygens (including phenoxy) is 1. The lowest BCUT2D eigenvalue weighted by Gasteiger charge is -2.32. The first-order chi connectivity index (χ1) is 16.3. The Morgan fingerprint density at radius 3 is 2.41 bits per heavy atom. The van der Waals surface area contributed by atoms with E-state index >= 15 is 0 Å². The number of carbonyl (C=O) groups is 1. The second-order valence-electron chi connectivity index (χ2n) is 8.05. The first-order valence-electron chi connectivity index (χ1n) is 10.9. The summed E-state index contributed by atoms with van der Waals surface area (Å²) >= 11 is 6.02. The lowest BCUT2D eigenvalue weighted by molar-refractivity contribution is 0.0303. The van der Waals surface area contributed by atoms with E-state index in [1.54, 1.807) is 40.1 Å². The molecule has 10 heteroatoms. The van der Waals surface area contributed by atoms with Gasteiger partial charge in [0.05, 0.1) is 23.9 Å². The Hall–Kier alpha value is -3.30. The first kappa shape index (κ1) is 23.8. The predicted molar refractivity (Wildman–Crippen MR) is 126 cm³/mol. The van der Waals surface area contributed by atoms with Gasteiger partial charge in [-0.05, 0) is 35.9 Å². The van der Waals surface area contributed by atoms with Gasteiger partial charge in [-0.2, -0.15) is 0 Å². The first-order valence-corrected chi connectivity index (χ1v) is 11.3. The predicted octanol–water partition coefficient (Wildman–Crippen LogP) is 2.62. The third-order valence-corrected chi connectivity index (χ3v) is 6.27. The average Bonchev–Trinajstić information content (AvgIpc) is 2.86. The Balaban J connectivity index is 1.55. The van der Waals surface area contributed by atoms with E-state index in [-0.39, 0.29) is 23.0 Å². The highest BCUT2D eigenvalue weighted by atomic mass is 35.5. The van der Waals surface area contributed by atoms with Gasteiger partial charge in [0.2, 0.25) is 0 Å². The molecule has 2 aliphatic heterocycles. The van der Waals surface area contributed by atoms with Crippen molar-refractivity contribution in [1.82, 2.24) is 15.1 Å². The number of morpholine rings is 1. The monoisotopic (exact) mass is 489 g/mol. The van der Waals surface area contributed by atoms with Gasteiger partial charge >= 0.3 is 0 Å². The standard InChI is InChI=1S/C24H26ClF2N5O2/c25-22-17(18(26)5-6-19(22)27)14-32-8-7-30-23(29)21(32)13-20(28)15-1-3-16(4-2-15)24(33)31-9-11-34-12-10-31/h1-6,13,30H,7-12,14,28-29H2/b20-13-. The summed E-state index contributed by atoms with van der Waals surface area (Å²) in [6.07, 6.45) is 1.67. The summed E-state index contributed by atoms with van der Waals surface area (Å²) in [5.74, 6) is -0.976. The molecule has 0 atom stereocenters. The fourth-order valence-electron chi connectivity index (χ4n) is 3.93. The van der Waals surface area contributed by atoms with Crippen molar-refractivity contribution in [2.24, 2.45) is 11.5 Å². The van der Waals surface area contributed by atoms with Gasteiger partial charge in [-0.15, -0.1) is 0 Å². The summed E-state index contributed by atoms with van der Waals surface area (Å²) in [7, 11) is 0. The SMILES string of the molecule is NC1=C(/C=C(\N)c2ccc(C(=O)N3CCOCC3)cc2)N(Cc2c(F)ccc(F)c2Cl)CCN1. The third-order valence-electron chi connectivity index (χ3n) is 5.86. The largest absolute Gasteiger partial charge is 0.398 e. The maximum Gasteiger partial charge on any atom is 0.254 e. The lowest BCUT2D eigenvalue weighted by atomic mass is 10.1. The van der Waals surface area contributed by atoms with E-state index in [4.69, 9.17) is 27.8 Å². The minimum atomic E-state index is -0.687. The summed E-state index contributed by atoms with van der Waals surface area (Å²) in [5.41, 5.74) is 14.8. The minimum absolute atomic E-state index is 0.0247. The topological polar surface area (TPSA) is 96.8 Å². The number of nitrogens with two attached hydrogens (primary N) is 2. The van der Waals surface area contributed by atoms with E-state index in [9.17, 15) is 13.6 Å². The number of hydrogen-bond acceptors (Lipinski definition) is 6. The normalized spacial score (nSPS) is 17.1. The summed E-state index contributed by atoms with van der Waals surface area (Å²) < 4.78 is 33.5. The highest BCUT2D eigenvalue weighted by Gasteiger charge is 2.22. The molecule has 0 radical (unpaired) electrons. The van der Waals surface area contributed by atoms with Crippen LogP contribution in [-0.4, -0.2) is 55.1 Å². The van der Waals surface area contributed by atoms with Crippen molar-refractivity contribution in [2.75, 3.05) is 39.4 Å². The van der Waals surface area contributed by atoms with Crippen LogP contribution in [-0.2, 0) is 11.3 Å². The summed E-state index contributed by atoms with van der Waals surface area (Å²) in [6.45, 7) is 3.23. The molecule has 34 heavy (non-hydrogen) atoms. The molecule has 5 N–H and O–H groups in total. The van der Waals surface area contributed by atoms with Crippen molar-refractivity contribution >= 4 is 23.2 Å². The number of halogens is 3. The molecule has 2 heterocycles. The molecule has 0 saturated carbocycles.